The first-order valence-electron chi connectivity index (χ1n) is 9.95. The Morgan fingerprint density at radius 1 is 1.11 bits per heavy atom. The summed E-state index contributed by atoms with van der Waals surface area (Å²) in [5.41, 5.74) is 2.97. The number of carbonyl (C=O) groups excluding carboxylic acids is 1. The van der Waals surface area contributed by atoms with Crippen LogP contribution in [0, 0.1) is 5.92 Å². The van der Waals surface area contributed by atoms with Crippen molar-refractivity contribution in [3.8, 4) is 0 Å². The number of piperidine rings is 1. The lowest BCUT2D eigenvalue weighted by atomic mass is 9.97. The topological polar surface area (TPSA) is 57.5 Å². The molecule has 146 valence electrons. The Hall–Kier alpha value is -2.79. The second-order valence-corrected chi connectivity index (χ2v) is 7.66. The summed E-state index contributed by atoms with van der Waals surface area (Å²) in [5, 5.41) is 7.39. The van der Waals surface area contributed by atoms with E-state index in [9.17, 15) is 4.79 Å². The van der Waals surface area contributed by atoms with E-state index < -0.39 is 0 Å². The van der Waals surface area contributed by atoms with Gasteiger partial charge in [0.15, 0.2) is 5.76 Å². The van der Waals surface area contributed by atoms with E-state index in [1.807, 2.05) is 42.5 Å². The second kappa shape index (κ2) is 8.48. The number of hydrogen-bond acceptors (Lipinski definition) is 4. The van der Waals surface area contributed by atoms with Crippen molar-refractivity contribution in [2.45, 2.75) is 19.4 Å². The normalized spacial score (nSPS) is 15.6. The van der Waals surface area contributed by atoms with E-state index in [4.69, 9.17) is 4.42 Å². The molecule has 0 unspecified atom stereocenters. The van der Waals surface area contributed by atoms with Crippen molar-refractivity contribution in [3.05, 3.63) is 65.9 Å². The van der Waals surface area contributed by atoms with Gasteiger partial charge in [-0.3, -0.25) is 4.79 Å². The van der Waals surface area contributed by atoms with Crippen molar-refractivity contribution in [2.24, 2.45) is 5.92 Å². The quantitative estimate of drug-likeness (QED) is 0.679. The average Bonchev–Trinajstić information content (AvgIpc) is 3.16. The van der Waals surface area contributed by atoms with Crippen LogP contribution < -0.4 is 10.6 Å². The standard InChI is InChI=1S/C23H27N3O2/c1-26-11-9-18(10-12-26)16-25-23(27)22-14-19-13-20(7-8-21(19)28-22)24-15-17-5-3-2-4-6-17/h2-8,13-14,18,24H,9-12,15-16H2,1H3,(H,25,27). The van der Waals surface area contributed by atoms with E-state index in [0.717, 1.165) is 49.1 Å². The summed E-state index contributed by atoms with van der Waals surface area (Å²) in [6.07, 6.45) is 2.26. The van der Waals surface area contributed by atoms with Crippen LogP contribution in [0.15, 0.2) is 59.0 Å². The Morgan fingerprint density at radius 3 is 2.68 bits per heavy atom. The van der Waals surface area contributed by atoms with Crippen LogP contribution in [-0.2, 0) is 6.54 Å². The Morgan fingerprint density at radius 2 is 1.89 bits per heavy atom. The van der Waals surface area contributed by atoms with Gasteiger partial charge in [-0.2, -0.15) is 0 Å². The van der Waals surface area contributed by atoms with Gasteiger partial charge in [0, 0.05) is 24.2 Å². The molecule has 3 aromatic rings. The van der Waals surface area contributed by atoms with Gasteiger partial charge in [-0.25, -0.2) is 0 Å². The van der Waals surface area contributed by atoms with Crippen molar-refractivity contribution in [2.75, 3.05) is 32.0 Å². The number of nitrogens with zero attached hydrogens (tertiary/aromatic N) is 1. The Labute approximate surface area is 165 Å². The average molecular weight is 377 g/mol. The SMILES string of the molecule is CN1CCC(CNC(=O)c2cc3cc(NCc4ccccc4)ccc3o2)CC1. The lowest BCUT2D eigenvalue weighted by Crippen LogP contribution is -2.36. The number of likely N-dealkylation sites (tertiary alicyclic amines) is 1. The Balaban J connectivity index is 1.36. The van der Waals surface area contributed by atoms with E-state index >= 15 is 0 Å². The third-order valence-corrected chi connectivity index (χ3v) is 5.47. The van der Waals surface area contributed by atoms with Crippen LogP contribution in [-0.4, -0.2) is 37.5 Å². The van der Waals surface area contributed by atoms with Gasteiger partial charge in [0.25, 0.3) is 5.91 Å². The summed E-state index contributed by atoms with van der Waals surface area (Å²) < 4.78 is 5.76. The van der Waals surface area contributed by atoms with Crippen molar-refractivity contribution in [1.82, 2.24) is 10.2 Å². The van der Waals surface area contributed by atoms with E-state index in [2.05, 4.69) is 34.7 Å². The minimum Gasteiger partial charge on any atom is -0.451 e. The van der Waals surface area contributed by atoms with Gasteiger partial charge in [-0.15, -0.1) is 0 Å². The molecule has 2 N–H and O–H groups in total. The number of furan rings is 1. The molecule has 1 amide bonds. The van der Waals surface area contributed by atoms with Gasteiger partial charge in [-0.05, 0) is 68.7 Å². The molecular weight excluding hydrogens is 350 g/mol. The molecule has 1 aromatic heterocycles. The smallest absolute Gasteiger partial charge is 0.287 e. The molecule has 5 heteroatoms. The van der Waals surface area contributed by atoms with E-state index in [-0.39, 0.29) is 5.91 Å². The fourth-order valence-corrected chi connectivity index (χ4v) is 3.66. The van der Waals surface area contributed by atoms with Gasteiger partial charge in [-0.1, -0.05) is 30.3 Å². The molecule has 4 rings (SSSR count). The fourth-order valence-electron chi connectivity index (χ4n) is 3.66. The number of amides is 1. The maximum absolute atomic E-state index is 12.5. The molecule has 2 aromatic carbocycles. The third kappa shape index (κ3) is 4.54. The fraction of sp³-hybridized carbons (Fsp3) is 0.348. The highest BCUT2D eigenvalue weighted by Gasteiger charge is 2.19. The van der Waals surface area contributed by atoms with Crippen LogP contribution in [0.3, 0.4) is 0 Å². The molecular formula is C23H27N3O2. The number of benzene rings is 2. The summed E-state index contributed by atoms with van der Waals surface area (Å²) in [6, 6.07) is 18.0. The Bertz CT molecular complexity index is 927. The zero-order valence-corrected chi connectivity index (χ0v) is 16.3. The summed E-state index contributed by atoms with van der Waals surface area (Å²) in [4.78, 5) is 14.8. The van der Waals surface area contributed by atoms with Gasteiger partial charge < -0.3 is 20.0 Å². The molecule has 28 heavy (non-hydrogen) atoms. The lowest BCUT2D eigenvalue weighted by molar-refractivity contribution is 0.0913. The molecule has 0 aliphatic carbocycles. The van der Waals surface area contributed by atoms with Crippen molar-refractivity contribution in [3.63, 3.8) is 0 Å². The number of nitrogens with one attached hydrogen (secondary N) is 2. The summed E-state index contributed by atoms with van der Waals surface area (Å²) in [6.45, 7) is 3.68. The van der Waals surface area contributed by atoms with E-state index in [1.54, 1.807) is 0 Å². The minimum atomic E-state index is -0.131. The molecule has 1 aliphatic heterocycles. The van der Waals surface area contributed by atoms with Crippen LogP contribution in [0.4, 0.5) is 5.69 Å². The summed E-state index contributed by atoms with van der Waals surface area (Å²) >= 11 is 0. The predicted molar refractivity (Wildman–Crippen MR) is 113 cm³/mol. The number of hydrogen-bond donors (Lipinski definition) is 2. The maximum atomic E-state index is 12.5. The van der Waals surface area contributed by atoms with Gasteiger partial charge in [0.05, 0.1) is 0 Å². The van der Waals surface area contributed by atoms with Crippen LogP contribution in [0.2, 0.25) is 0 Å². The first-order chi connectivity index (χ1) is 13.7. The number of fused-ring (bicyclic) bond motifs is 1. The van der Waals surface area contributed by atoms with Crippen molar-refractivity contribution in [1.29, 1.82) is 0 Å². The molecule has 2 heterocycles. The molecule has 0 bridgehead atoms. The molecule has 5 nitrogen and oxygen atoms in total. The molecule has 0 spiro atoms. The third-order valence-electron chi connectivity index (χ3n) is 5.47. The van der Waals surface area contributed by atoms with Crippen LogP contribution in [0.5, 0.6) is 0 Å². The monoisotopic (exact) mass is 377 g/mol. The lowest BCUT2D eigenvalue weighted by Gasteiger charge is -2.28. The number of anilines is 1. The highest BCUT2D eigenvalue weighted by atomic mass is 16.3. The molecule has 0 radical (unpaired) electrons. The number of rotatable bonds is 6. The van der Waals surface area contributed by atoms with Gasteiger partial charge in [0.1, 0.15) is 5.58 Å². The second-order valence-electron chi connectivity index (χ2n) is 7.66. The first-order valence-corrected chi connectivity index (χ1v) is 9.95. The molecule has 1 fully saturated rings. The van der Waals surface area contributed by atoms with E-state index in [1.165, 1.54) is 5.56 Å². The van der Waals surface area contributed by atoms with Crippen LogP contribution in [0.1, 0.15) is 29.0 Å². The zero-order valence-electron chi connectivity index (χ0n) is 16.3. The van der Waals surface area contributed by atoms with Gasteiger partial charge in [0.2, 0.25) is 0 Å². The highest BCUT2D eigenvalue weighted by molar-refractivity contribution is 5.96. The van der Waals surface area contributed by atoms with Crippen molar-refractivity contribution >= 4 is 22.6 Å². The van der Waals surface area contributed by atoms with E-state index in [0.29, 0.717) is 18.2 Å². The highest BCUT2D eigenvalue weighted by Crippen LogP contribution is 2.24. The molecule has 1 aliphatic rings. The Kier molecular flexibility index (Phi) is 5.63. The zero-order chi connectivity index (χ0) is 19.3. The largest absolute Gasteiger partial charge is 0.451 e. The molecule has 0 atom stereocenters. The summed E-state index contributed by atoms with van der Waals surface area (Å²) in [7, 11) is 2.15. The molecule has 0 saturated carbocycles. The summed E-state index contributed by atoms with van der Waals surface area (Å²) in [5.74, 6) is 0.801. The molecule has 1 saturated heterocycles. The van der Waals surface area contributed by atoms with Crippen molar-refractivity contribution < 1.29 is 9.21 Å². The predicted octanol–water partition coefficient (Wildman–Crippen LogP) is 4.12. The first kappa shape index (κ1) is 18.6. The minimum absolute atomic E-state index is 0.131. The van der Waals surface area contributed by atoms with Crippen LogP contribution in [0.25, 0.3) is 11.0 Å². The van der Waals surface area contributed by atoms with Crippen LogP contribution >= 0.6 is 0 Å². The maximum Gasteiger partial charge on any atom is 0.287 e. The van der Waals surface area contributed by atoms with Gasteiger partial charge >= 0.3 is 0 Å². The number of carbonyl (C=O) groups is 1.